The van der Waals surface area contributed by atoms with E-state index >= 15 is 0 Å². The molecule has 5 nitrogen and oxygen atoms in total. The maximum Gasteiger partial charge on any atom is 0.210 e. The molecule has 1 saturated heterocycles. The van der Waals surface area contributed by atoms with Gasteiger partial charge in [0.25, 0.3) is 0 Å². The minimum Gasteiger partial charge on any atom is -0.497 e. The molecule has 1 fully saturated rings. The molecule has 0 bridgehead atoms. The largest absolute Gasteiger partial charge is 0.497 e. The van der Waals surface area contributed by atoms with Crippen molar-refractivity contribution in [3.8, 4) is 5.75 Å². The van der Waals surface area contributed by atoms with Gasteiger partial charge in [0.1, 0.15) is 10.6 Å². The number of rotatable bonds is 4. The molecule has 0 saturated carbocycles. The van der Waals surface area contributed by atoms with E-state index in [1.165, 1.54) is 13.3 Å². The zero-order chi connectivity index (χ0) is 20.6. The lowest BCUT2D eigenvalue weighted by Gasteiger charge is -2.34. The van der Waals surface area contributed by atoms with Gasteiger partial charge in [-0.1, -0.05) is 24.6 Å². The molecule has 152 valence electrons. The van der Waals surface area contributed by atoms with Gasteiger partial charge in [0.15, 0.2) is 0 Å². The highest BCUT2D eigenvalue weighted by Gasteiger charge is 2.28. The molecule has 0 spiro atoms. The first kappa shape index (κ1) is 20.0. The zero-order valence-electron chi connectivity index (χ0n) is 16.4. The number of nitrogens with zero attached hydrogens (tertiary/aromatic N) is 2. The number of anilines is 1. The molecule has 29 heavy (non-hydrogen) atoms. The molecule has 0 amide bonds. The number of ether oxygens (including phenoxy) is 1. The smallest absolute Gasteiger partial charge is 0.210 e. The number of fused-ring (bicyclic) bond motifs is 1. The van der Waals surface area contributed by atoms with Gasteiger partial charge in [-0.3, -0.25) is 4.98 Å². The number of sulfone groups is 1. The van der Waals surface area contributed by atoms with E-state index in [2.05, 4.69) is 16.8 Å². The van der Waals surface area contributed by atoms with Gasteiger partial charge in [0, 0.05) is 29.7 Å². The van der Waals surface area contributed by atoms with Crippen molar-refractivity contribution in [2.24, 2.45) is 5.92 Å². The van der Waals surface area contributed by atoms with E-state index in [-0.39, 0.29) is 9.79 Å². The molecule has 0 atom stereocenters. The summed E-state index contributed by atoms with van der Waals surface area (Å²) < 4.78 is 32.4. The number of pyridine rings is 1. The lowest BCUT2D eigenvalue weighted by molar-refractivity contribution is 0.413. The minimum atomic E-state index is -3.78. The number of benzene rings is 2. The number of methoxy groups -OCH3 is 1. The molecule has 0 aliphatic carbocycles. The van der Waals surface area contributed by atoms with E-state index in [1.807, 2.05) is 6.07 Å². The van der Waals surface area contributed by atoms with Gasteiger partial charge < -0.3 is 9.64 Å². The van der Waals surface area contributed by atoms with Crippen LogP contribution in [0.1, 0.15) is 19.8 Å². The molecular formula is C22H23ClN2O3S. The van der Waals surface area contributed by atoms with Crippen molar-refractivity contribution in [1.82, 2.24) is 4.98 Å². The Morgan fingerprint density at radius 3 is 2.62 bits per heavy atom. The first-order valence-corrected chi connectivity index (χ1v) is 11.5. The van der Waals surface area contributed by atoms with Gasteiger partial charge in [-0.15, -0.1) is 0 Å². The molecule has 1 aliphatic heterocycles. The van der Waals surface area contributed by atoms with Crippen LogP contribution in [0.2, 0.25) is 5.02 Å². The first-order chi connectivity index (χ1) is 13.9. The van der Waals surface area contributed by atoms with Crippen LogP contribution in [0.15, 0.2) is 58.5 Å². The molecule has 0 N–H and O–H groups in total. The summed E-state index contributed by atoms with van der Waals surface area (Å²) in [4.78, 5) is 7.01. The van der Waals surface area contributed by atoms with E-state index in [1.54, 1.807) is 36.4 Å². The predicted octanol–water partition coefficient (Wildman–Crippen LogP) is 4.97. The summed E-state index contributed by atoms with van der Waals surface area (Å²) in [6, 6.07) is 12.0. The summed E-state index contributed by atoms with van der Waals surface area (Å²) >= 11 is 6.15. The topological polar surface area (TPSA) is 59.5 Å². The number of hydrogen-bond donors (Lipinski definition) is 0. The summed E-state index contributed by atoms with van der Waals surface area (Å²) in [7, 11) is -2.26. The molecule has 4 rings (SSSR count). The van der Waals surface area contributed by atoms with E-state index in [0.717, 1.165) is 31.3 Å². The highest BCUT2D eigenvalue weighted by atomic mass is 35.5. The van der Waals surface area contributed by atoms with Crippen molar-refractivity contribution in [3.63, 3.8) is 0 Å². The Morgan fingerprint density at radius 1 is 1.14 bits per heavy atom. The molecule has 1 aliphatic rings. The predicted molar refractivity (Wildman–Crippen MR) is 116 cm³/mol. The number of piperidine rings is 1. The van der Waals surface area contributed by atoms with Gasteiger partial charge in [-0.25, -0.2) is 8.42 Å². The van der Waals surface area contributed by atoms with Gasteiger partial charge in [-0.05, 0) is 55.2 Å². The normalized spacial score (nSPS) is 15.6. The minimum absolute atomic E-state index is 0.193. The van der Waals surface area contributed by atoms with Crippen LogP contribution in [0.4, 0.5) is 5.69 Å². The van der Waals surface area contributed by atoms with E-state index in [9.17, 15) is 8.42 Å². The van der Waals surface area contributed by atoms with Gasteiger partial charge in [-0.2, -0.15) is 0 Å². The number of halogens is 1. The molecular weight excluding hydrogens is 408 g/mol. The molecule has 2 aromatic carbocycles. The molecule has 0 radical (unpaired) electrons. The third-order valence-electron chi connectivity index (χ3n) is 5.51. The van der Waals surface area contributed by atoms with Crippen LogP contribution in [0.25, 0.3) is 10.9 Å². The summed E-state index contributed by atoms with van der Waals surface area (Å²) in [6.07, 6.45) is 3.51. The average molecular weight is 431 g/mol. The Balaban J connectivity index is 1.93. The number of aromatic nitrogens is 1. The lowest BCUT2D eigenvalue weighted by atomic mass is 9.98. The van der Waals surface area contributed by atoms with Crippen molar-refractivity contribution in [2.45, 2.75) is 29.6 Å². The second-order valence-electron chi connectivity index (χ2n) is 7.48. The van der Waals surface area contributed by atoms with Gasteiger partial charge >= 0.3 is 0 Å². The lowest BCUT2D eigenvalue weighted by Crippen LogP contribution is -2.34. The van der Waals surface area contributed by atoms with Crippen LogP contribution in [0.3, 0.4) is 0 Å². The summed E-state index contributed by atoms with van der Waals surface area (Å²) in [5.41, 5.74) is 1.40. The Bertz CT molecular complexity index is 1160. The summed E-state index contributed by atoms with van der Waals surface area (Å²) in [5.74, 6) is 1.13. The van der Waals surface area contributed by atoms with Crippen LogP contribution in [0, 0.1) is 5.92 Å². The van der Waals surface area contributed by atoms with Crippen LogP contribution in [0.5, 0.6) is 5.75 Å². The van der Waals surface area contributed by atoms with Crippen LogP contribution < -0.4 is 9.64 Å². The second-order valence-corrected chi connectivity index (χ2v) is 9.84. The molecule has 2 heterocycles. The summed E-state index contributed by atoms with van der Waals surface area (Å²) in [6.45, 7) is 3.85. The third kappa shape index (κ3) is 3.79. The maximum absolute atomic E-state index is 13.6. The van der Waals surface area contributed by atoms with Crippen LogP contribution >= 0.6 is 11.6 Å². The fraction of sp³-hybridized carbons (Fsp3) is 0.318. The standard InChI is InChI=1S/C22H23ClN2O3S/c1-15-8-10-25(11-9-15)22-19-7-6-16(23)12-20(19)24-14-21(22)29(26,27)18-5-3-4-17(13-18)28-2/h3-7,12-15H,8-11H2,1-2H3. The van der Waals surface area contributed by atoms with E-state index < -0.39 is 9.84 Å². The van der Waals surface area contributed by atoms with Crippen molar-refractivity contribution in [3.05, 3.63) is 53.7 Å². The van der Waals surface area contributed by atoms with Crippen molar-refractivity contribution >= 4 is 38.0 Å². The van der Waals surface area contributed by atoms with Gasteiger partial charge in [0.2, 0.25) is 9.84 Å². The second kappa shape index (κ2) is 7.84. The van der Waals surface area contributed by atoms with Crippen LogP contribution in [-0.2, 0) is 9.84 Å². The average Bonchev–Trinajstić information content (AvgIpc) is 2.73. The molecule has 3 aromatic rings. The van der Waals surface area contributed by atoms with Gasteiger partial charge in [0.05, 0.1) is 23.2 Å². The Labute approximate surface area is 176 Å². The Hall–Kier alpha value is -2.31. The number of hydrogen-bond acceptors (Lipinski definition) is 5. The third-order valence-corrected chi connectivity index (χ3v) is 7.50. The monoisotopic (exact) mass is 430 g/mol. The zero-order valence-corrected chi connectivity index (χ0v) is 18.0. The molecule has 1 aromatic heterocycles. The van der Waals surface area contributed by atoms with E-state index in [4.69, 9.17) is 16.3 Å². The molecule has 0 unspecified atom stereocenters. The fourth-order valence-electron chi connectivity index (χ4n) is 3.78. The van der Waals surface area contributed by atoms with Crippen LogP contribution in [-0.4, -0.2) is 33.6 Å². The van der Waals surface area contributed by atoms with Crippen molar-refractivity contribution in [2.75, 3.05) is 25.1 Å². The first-order valence-electron chi connectivity index (χ1n) is 9.62. The van der Waals surface area contributed by atoms with Crippen molar-refractivity contribution in [1.29, 1.82) is 0 Å². The maximum atomic E-state index is 13.6. The fourth-order valence-corrected chi connectivity index (χ4v) is 5.42. The van der Waals surface area contributed by atoms with E-state index in [0.29, 0.717) is 27.9 Å². The highest BCUT2D eigenvalue weighted by Crippen LogP contribution is 2.38. The Morgan fingerprint density at radius 2 is 1.90 bits per heavy atom. The SMILES string of the molecule is COc1cccc(S(=O)(=O)c2cnc3cc(Cl)ccc3c2N2CCC(C)CC2)c1. The van der Waals surface area contributed by atoms with Crippen molar-refractivity contribution < 1.29 is 13.2 Å². The quantitative estimate of drug-likeness (QED) is 0.585. The summed E-state index contributed by atoms with van der Waals surface area (Å²) in [5, 5.41) is 1.37. The Kier molecular flexibility index (Phi) is 5.40. The highest BCUT2D eigenvalue weighted by molar-refractivity contribution is 7.91. The molecule has 7 heteroatoms.